The van der Waals surface area contributed by atoms with Gasteiger partial charge in [-0.05, 0) is 61.0 Å². The molecule has 0 unspecified atom stereocenters. The molecule has 2 aliphatic heterocycles. The molecule has 208 valence electrons. The van der Waals surface area contributed by atoms with Gasteiger partial charge in [-0.2, -0.15) is 5.10 Å². The van der Waals surface area contributed by atoms with Gasteiger partial charge < -0.3 is 19.7 Å². The van der Waals surface area contributed by atoms with E-state index >= 15 is 0 Å². The first-order valence-electron chi connectivity index (χ1n) is 13.5. The average Bonchev–Trinajstić information content (AvgIpc) is 3.36. The number of ether oxygens (including phenoxy) is 2. The van der Waals surface area contributed by atoms with Crippen molar-refractivity contribution in [2.45, 2.75) is 13.0 Å². The molecule has 0 amide bonds. The second-order valence-electron chi connectivity index (χ2n) is 9.97. The van der Waals surface area contributed by atoms with E-state index in [9.17, 15) is 0 Å². The van der Waals surface area contributed by atoms with E-state index in [-0.39, 0.29) is 6.04 Å². The van der Waals surface area contributed by atoms with Crippen LogP contribution in [0.4, 0.5) is 22.9 Å². The third kappa shape index (κ3) is 4.28. The fourth-order valence-electron chi connectivity index (χ4n) is 5.57. The lowest BCUT2D eigenvalue weighted by Crippen LogP contribution is -2.46. The number of aliphatic imine (C=N–C) groups is 2. The van der Waals surface area contributed by atoms with Crippen LogP contribution < -0.4 is 19.7 Å². The number of fused-ring (bicyclic) bond motifs is 4. The van der Waals surface area contributed by atoms with Crippen LogP contribution in [0.15, 0.2) is 107 Å². The maximum absolute atomic E-state index is 6.57. The van der Waals surface area contributed by atoms with Gasteiger partial charge in [-0.3, -0.25) is 0 Å². The number of benzene rings is 4. The number of aromatic nitrogens is 2. The number of hydrogen-bond acceptors (Lipinski definition) is 7. The quantitative estimate of drug-likeness (QED) is 0.233. The number of amidine groups is 2. The van der Waals surface area contributed by atoms with Gasteiger partial charge in [0.15, 0.2) is 17.5 Å². The molecule has 8 nitrogen and oxygen atoms in total. The minimum atomic E-state index is -0.269. The summed E-state index contributed by atoms with van der Waals surface area (Å²) in [4.78, 5) is 12.6. The highest BCUT2D eigenvalue weighted by Gasteiger charge is 2.41. The van der Waals surface area contributed by atoms with Gasteiger partial charge in [-0.25, -0.2) is 14.7 Å². The van der Waals surface area contributed by atoms with Crippen LogP contribution in [0.25, 0.3) is 5.69 Å². The first kappa shape index (κ1) is 25.9. The lowest BCUT2D eigenvalue weighted by Gasteiger charge is -2.40. The molecular formula is C33H27ClN6O2. The van der Waals surface area contributed by atoms with Crippen molar-refractivity contribution >= 4 is 46.2 Å². The average molecular weight is 575 g/mol. The molecule has 9 heteroatoms. The lowest BCUT2D eigenvalue weighted by molar-refractivity contribution is 0.395. The van der Waals surface area contributed by atoms with E-state index in [1.54, 1.807) is 14.2 Å². The van der Waals surface area contributed by atoms with Crippen LogP contribution >= 0.6 is 11.6 Å². The molecule has 3 heterocycles. The zero-order valence-electron chi connectivity index (χ0n) is 23.2. The molecule has 1 N–H and O–H groups in total. The second kappa shape index (κ2) is 10.4. The highest BCUT2D eigenvalue weighted by Crippen LogP contribution is 2.48. The highest BCUT2D eigenvalue weighted by atomic mass is 35.5. The molecule has 7 rings (SSSR count). The summed E-state index contributed by atoms with van der Waals surface area (Å²) in [6.45, 7) is 2.03. The van der Waals surface area contributed by atoms with Crippen LogP contribution in [0.1, 0.15) is 22.9 Å². The summed E-state index contributed by atoms with van der Waals surface area (Å²) in [5, 5.41) is 9.16. The smallest absolute Gasteiger partial charge is 0.179 e. The zero-order valence-corrected chi connectivity index (χ0v) is 24.0. The van der Waals surface area contributed by atoms with Crippen molar-refractivity contribution in [2.24, 2.45) is 9.98 Å². The summed E-state index contributed by atoms with van der Waals surface area (Å²) in [6.07, 6.45) is 0. The van der Waals surface area contributed by atoms with Gasteiger partial charge in [0.25, 0.3) is 0 Å². The van der Waals surface area contributed by atoms with Crippen molar-refractivity contribution in [1.29, 1.82) is 0 Å². The third-order valence-electron chi connectivity index (χ3n) is 7.47. The molecule has 0 radical (unpaired) electrons. The van der Waals surface area contributed by atoms with Crippen molar-refractivity contribution in [3.05, 3.63) is 119 Å². The Balaban J connectivity index is 1.48. The first-order valence-corrected chi connectivity index (χ1v) is 13.9. The summed E-state index contributed by atoms with van der Waals surface area (Å²) in [7, 11) is 3.26. The van der Waals surface area contributed by atoms with Crippen molar-refractivity contribution < 1.29 is 9.47 Å². The monoisotopic (exact) mass is 574 g/mol. The van der Waals surface area contributed by atoms with Crippen LogP contribution in [0.3, 0.4) is 0 Å². The molecule has 0 aliphatic carbocycles. The lowest BCUT2D eigenvalue weighted by atomic mass is 9.93. The normalized spacial score (nSPS) is 15.1. The molecule has 1 atom stereocenters. The third-order valence-corrected chi connectivity index (χ3v) is 7.70. The van der Waals surface area contributed by atoms with Gasteiger partial charge in [0, 0.05) is 16.7 Å². The second-order valence-corrected chi connectivity index (χ2v) is 10.4. The van der Waals surface area contributed by atoms with Crippen molar-refractivity contribution in [1.82, 2.24) is 9.78 Å². The van der Waals surface area contributed by atoms with Crippen LogP contribution in [0, 0.1) is 6.92 Å². The van der Waals surface area contributed by atoms with Crippen molar-refractivity contribution in [3.63, 3.8) is 0 Å². The van der Waals surface area contributed by atoms with E-state index in [0.717, 1.165) is 45.4 Å². The molecule has 42 heavy (non-hydrogen) atoms. The Hall–Kier alpha value is -5.08. The van der Waals surface area contributed by atoms with Gasteiger partial charge >= 0.3 is 0 Å². The molecule has 0 fully saturated rings. The first-order chi connectivity index (χ1) is 20.6. The summed E-state index contributed by atoms with van der Waals surface area (Å²) < 4.78 is 13.0. The van der Waals surface area contributed by atoms with Crippen molar-refractivity contribution in [2.75, 3.05) is 24.4 Å². The molecule has 2 aliphatic rings. The maximum atomic E-state index is 6.57. The number of anilines is 2. The number of rotatable bonds is 5. The zero-order chi connectivity index (χ0) is 28.8. The Kier molecular flexibility index (Phi) is 6.40. The van der Waals surface area contributed by atoms with Gasteiger partial charge in [0.2, 0.25) is 0 Å². The minimum Gasteiger partial charge on any atom is -0.497 e. The topological polar surface area (TPSA) is 76.3 Å². The maximum Gasteiger partial charge on any atom is 0.179 e. The van der Waals surface area contributed by atoms with E-state index in [1.165, 1.54) is 0 Å². The highest BCUT2D eigenvalue weighted by molar-refractivity contribution is 6.51. The molecule has 1 aromatic heterocycles. The number of nitrogens with one attached hydrogen (secondary N) is 1. The van der Waals surface area contributed by atoms with Crippen LogP contribution in [0.2, 0.25) is 5.02 Å². The Morgan fingerprint density at radius 1 is 0.833 bits per heavy atom. The Morgan fingerprint density at radius 3 is 2.43 bits per heavy atom. The fraction of sp³-hybridized carbons (Fsp3) is 0.121. The largest absolute Gasteiger partial charge is 0.497 e. The molecule has 0 bridgehead atoms. The number of methoxy groups -OCH3 is 2. The number of para-hydroxylation sites is 3. The fourth-order valence-corrected chi connectivity index (χ4v) is 5.77. The van der Waals surface area contributed by atoms with Gasteiger partial charge in [0.05, 0.1) is 48.7 Å². The Labute approximate surface area is 248 Å². The van der Waals surface area contributed by atoms with Crippen molar-refractivity contribution in [3.8, 4) is 17.2 Å². The van der Waals surface area contributed by atoms with E-state index in [1.807, 2.05) is 96.5 Å². The van der Waals surface area contributed by atoms with Gasteiger partial charge in [-0.15, -0.1) is 0 Å². The summed E-state index contributed by atoms with van der Waals surface area (Å²) in [6, 6.07) is 31.4. The minimum absolute atomic E-state index is 0.269. The predicted octanol–water partition coefficient (Wildman–Crippen LogP) is 7.65. The van der Waals surface area contributed by atoms with Crippen LogP contribution in [0.5, 0.6) is 11.5 Å². The van der Waals surface area contributed by atoms with Crippen LogP contribution in [-0.4, -0.2) is 35.7 Å². The Bertz CT molecular complexity index is 1880. The molecular weight excluding hydrogens is 548 g/mol. The number of nitrogens with zero attached hydrogens (tertiary/aromatic N) is 5. The van der Waals surface area contributed by atoms with Crippen LogP contribution in [-0.2, 0) is 0 Å². The SMILES string of the molecule is COc1ccc(NC2=Nc3ccccc3N3C2=Nc2c(c(C)nn2-c2ccccc2)[C@@H]3c2cccc(Cl)c2)c(OC)c1. The molecule has 0 saturated heterocycles. The summed E-state index contributed by atoms with van der Waals surface area (Å²) in [5.41, 5.74) is 6.31. The molecule has 0 spiro atoms. The Morgan fingerprint density at radius 2 is 1.64 bits per heavy atom. The van der Waals surface area contributed by atoms with Gasteiger partial charge in [-0.1, -0.05) is 54.1 Å². The molecule has 4 aromatic carbocycles. The van der Waals surface area contributed by atoms with Gasteiger partial charge in [0.1, 0.15) is 11.5 Å². The standard InChI is InChI=1S/C33H27ClN6O2/c1-20-29-30(21-10-9-11-22(34)18-21)39-27-15-8-7-14-25(27)35-31(36-26-17-16-24(41-2)19-28(26)42-3)33(39)37-32(29)40(38-20)23-12-5-4-6-13-23/h4-19,30H,1-3H3,(H,35,36)/t30-/m0/s1. The van der Waals surface area contributed by atoms with E-state index in [2.05, 4.69) is 22.3 Å². The molecule has 0 saturated carbocycles. The number of halogens is 1. The summed E-state index contributed by atoms with van der Waals surface area (Å²) in [5.74, 6) is 3.29. The number of hydrogen-bond donors (Lipinski definition) is 1. The summed E-state index contributed by atoms with van der Waals surface area (Å²) >= 11 is 6.57. The van der Waals surface area contributed by atoms with E-state index < -0.39 is 0 Å². The molecule has 5 aromatic rings. The van der Waals surface area contributed by atoms with E-state index in [4.69, 9.17) is 36.2 Å². The predicted molar refractivity (Wildman–Crippen MR) is 168 cm³/mol. The number of aryl methyl sites for hydroxylation is 1. The van der Waals surface area contributed by atoms with E-state index in [0.29, 0.717) is 28.2 Å².